The Balaban J connectivity index is 2.35. The van der Waals surface area contributed by atoms with E-state index in [1.807, 2.05) is 29.8 Å². The summed E-state index contributed by atoms with van der Waals surface area (Å²) < 4.78 is 1.87. The minimum atomic E-state index is 0.104. The van der Waals surface area contributed by atoms with Gasteiger partial charge in [-0.2, -0.15) is 0 Å². The number of halogens is 1. The zero-order chi connectivity index (χ0) is 12.7. The number of imidazole rings is 1. The molecule has 0 unspecified atom stereocenters. The predicted octanol–water partition coefficient (Wildman–Crippen LogP) is 2.99. The van der Waals surface area contributed by atoms with Gasteiger partial charge in [-0.15, -0.1) is 0 Å². The average molecular weight is 260 g/mol. The third-order valence-electron chi connectivity index (χ3n) is 2.89. The van der Waals surface area contributed by atoms with Gasteiger partial charge < -0.3 is 9.67 Å². The van der Waals surface area contributed by atoms with Crippen LogP contribution < -0.4 is 0 Å². The van der Waals surface area contributed by atoms with Crippen molar-refractivity contribution in [3.05, 3.63) is 41.7 Å². The Morgan fingerprint density at radius 3 is 2.83 bits per heavy atom. The number of pyridine rings is 1. The molecular formula is C13H10ClN3O. The number of rotatable bonds is 1. The molecule has 0 fully saturated rings. The number of aromatic hydroxyl groups is 1. The van der Waals surface area contributed by atoms with Crippen LogP contribution in [0, 0.1) is 0 Å². The van der Waals surface area contributed by atoms with Crippen molar-refractivity contribution < 1.29 is 5.11 Å². The first kappa shape index (κ1) is 11.0. The fourth-order valence-corrected chi connectivity index (χ4v) is 2.33. The molecule has 90 valence electrons. The van der Waals surface area contributed by atoms with Crippen LogP contribution in [0.5, 0.6) is 5.75 Å². The van der Waals surface area contributed by atoms with Crippen LogP contribution in [0.3, 0.4) is 0 Å². The van der Waals surface area contributed by atoms with E-state index in [4.69, 9.17) is 11.6 Å². The lowest BCUT2D eigenvalue weighted by atomic mass is 10.2. The molecule has 3 rings (SSSR count). The summed E-state index contributed by atoms with van der Waals surface area (Å²) >= 11 is 6.17. The number of aryl methyl sites for hydroxylation is 1. The van der Waals surface area contributed by atoms with E-state index in [0.29, 0.717) is 16.4 Å². The molecule has 0 aliphatic heterocycles. The predicted molar refractivity (Wildman–Crippen MR) is 70.6 cm³/mol. The molecule has 0 saturated carbocycles. The fourth-order valence-electron chi connectivity index (χ4n) is 2.04. The van der Waals surface area contributed by atoms with Gasteiger partial charge in [0.2, 0.25) is 0 Å². The molecule has 0 aliphatic carbocycles. The summed E-state index contributed by atoms with van der Waals surface area (Å²) in [6.45, 7) is 0. The topological polar surface area (TPSA) is 50.9 Å². The molecule has 0 radical (unpaired) electrons. The van der Waals surface area contributed by atoms with Crippen molar-refractivity contribution in [1.29, 1.82) is 0 Å². The molecular weight excluding hydrogens is 250 g/mol. The van der Waals surface area contributed by atoms with Crippen molar-refractivity contribution in [3.8, 4) is 17.1 Å². The molecule has 4 nitrogen and oxygen atoms in total. The Bertz CT molecular complexity index is 736. The molecule has 0 spiro atoms. The highest BCUT2D eigenvalue weighted by molar-refractivity contribution is 6.35. The van der Waals surface area contributed by atoms with Crippen LogP contribution in [0.4, 0.5) is 0 Å². The third kappa shape index (κ3) is 1.54. The first-order chi connectivity index (χ1) is 8.68. The summed E-state index contributed by atoms with van der Waals surface area (Å²) in [5, 5.41) is 10.5. The largest absolute Gasteiger partial charge is 0.506 e. The first-order valence-electron chi connectivity index (χ1n) is 5.43. The van der Waals surface area contributed by atoms with E-state index in [2.05, 4.69) is 9.97 Å². The van der Waals surface area contributed by atoms with Gasteiger partial charge in [0, 0.05) is 13.2 Å². The molecule has 0 aliphatic rings. The van der Waals surface area contributed by atoms with E-state index < -0.39 is 0 Å². The Hall–Kier alpha value is -2.07. The summed E-state index contributed by atoms with van der Waals surface area (Å²) in [5.41, 5.74) is 2.29. The molecule has 3 aromatic rings. The molecule has 2 heterocycles. The summed E-state index contributed by atoms with van der Waals surface area (Å²) in [5.74, 6) is 0.769. The number of para-hydroxylation sites is 1. The maximum atomic E-state index is 9.83. The van der Waals surface area contributed by atoms with Crippen molar-refractivity contribution in [2.24, 2.45) is 7.05 Å². The second-order valence-corrected chi connectivity index (χ2v) is 4.40. The molecule has 5 heteroatoms. The molecule has 0 atom stereocenters. The van der Waals surface area contributed by atoms with Gasteiger partial charge in [0.1, 0.15) is 11.6 Å². The lowest BCUT2D eigenvalue weighted by Crippen LogP contribution is -1.93. The summed E-state index contributed by atoms with van der Waals surface area (Å²) in [4.78, 5) is 8.35. The SMILES string of the molecule is Cn1c(-c2ccncc2O)nc2cccc(Cl)c21. The standard InChI is InChI=1S/C13H10ClN3O/c1-17-12-9(14)3-2-4-10(12)16-13(17)8-5-6-15-7-11(8)18/h2-7,18H,1H3. The molecule has 1 N–H and O–H groups in total. The summed E-state index contributed by atoms with van der Waals surface area (Å²) in [7, 11) is 1.87. The van der Waals surface area contributed by atoms with Crippen molar-refractivity contribution in [2.45, 2.75) is 0 Å². The van der Waals surface area contributed by atoms with Crippen molar-refractivity contribution in [1.82, 2.24) is 14.5 Å². The second-order valence-electron chi connectivity index (χ2n) is 3.99. The van der Waals surface area contributed by atoms with Crippen LogP contribution >= 0.6 is 11.6 Å². The number of benzene rings is 1. The van der Waals surface area contributed by atoms with E-state index in [1.54, 1.807) is 12.3 Å². The first-order valence-corrected chi connectivity index (χ1v) is 5.80. The van der Waals surface area contributed by atoms with E-state index in [9.17, 15) is 5.11 Å². The number of hydrogen-bond acceptors (Lipinski definition) is 3. The minimum absolute atomic E-state index is 0.104. The van der Waals surface area contributed by atoms with Gasteiger partial charge >= 0.3 is 0 Å². The zero-order valence-corrected chi connectivity index (χ0v) is 10.4. The lowest BCUT2D eigenvalue weighted by Gasteiger charge is -2.04. The zero-order valence-electron chi connectivity index (χ0n) is 9.63. The number of fused-ring (bicyclic) bond motifs is 1. The van der Waals surface area contributed by atoms with Gasteiger partial charge in [0.05, 0.1) is 27.8 Å². The smallest absolute Gasteiger partial charge is 0.144 e. The monoisotopic (exact) mass is 259 g/mol. The molecule has 18 heavy (non-hydrogen) atoms. The number of hydrogen-bond donors (Lipinski definition) is 1. The van der Waals surface area contributed by atoms with Gasteiger partial charge in [0.15, 0.2) is 0 Å². The number of aromatic nitrogens is 3. The number of nitrogens with zero attached hydrogens (tertiary/aromatic N) is 3. The molecule has 2 aromatic heterocycles. The average Bonchev–Trinajstić information content (AvgIpc) is 2.69. The Morgan fingerprint density at radius 1 is 1.28 bits per heavy atom. The van der Waals surface area contributed by atoms with Crippen LogP contribution in [-0.4, -0.2) is 19.6 Å². The lowest BCUT2D eigenvalue weighted by molar-refractivity contribution is 0.474. The van der Waals surface area contributed by atoms with Gasteiger partial charge in [-0.3, -0.25) is 4.98 Å². The van der Waals surface area contributed by atoms with Crippen LogP contribution in [0.1, 0.15) is 0 Å². The summed E-state index contributed by atoms with van der Waals surface area (Å²) in [6.07, 6.45) is 3.02. The molecule has 0 bridgehead atoms. The van der Waals surface area contributed by atoms with Crippen molar-refractivity contribution in [3.63, 3.8) is 0 Å². The van der Waals surface area contributed by atoms with Gasteiger partial charge in [-0.25, -0.2) is 4.98 Å². The van der Waals surface area contributed by atoms with Crippen LogP contribution in [0.15, 0.2) is 36.7 Å². The minimum Gasteiger partial charge on any atom is -0.506 e. The normalized spacial score (nSPS) is 11.0. The highest BCUT2D eigenvalue weighted by atomic mass is 35.5. The van der Waals surface area contributed by atoms with E-state index >= 15 is 0 Å². The highest BCUT2D eigenvalue weighted by Gasteiger charge is 2.14. The Kier molecular flexibility index (Phi) is 2.45. The van der Waals surface area contributed by atoms with Gasteiger partial charge in [0.25, 0.3) is 0 Å². The molecule has 0 saturated heterocycles. The highest BCUT2D eigenvalue weighted by Crippen LogP contribution is 2.31. The van der Waals surface area contributed by atoms with Crippen molar-refractivity contribution >= 4 is 22.6 Å². The summed E-state index contributed by atoms with van der Waals surface area (Å²) in [6, 6.07) is 7.29. The van der Waals surface area contributed by atoms with Gasteiger partial charge in [-0.1, -0.05) is 17.7 Å². The molecule has 0 amide bonds. The van der Waals surface area contributed by atoms with Gasteiger partial charge in [-0.05, 0) is 18.2 Å². The second kappa shape index (κ2) is 3.99. The van der Waals surface area contributed by atoms with Crippen LogP contribution in [0.25, 0.3) is 22.4 Å². The fraction of sp³-hybridized carbons (Fsp3) is 0.0769. The van der Waals surface area contributed by atoms with E-state index in [0.717, 1.165) is 11.0 Å². The van der Waals surface area contributed by atoms with E-state index in [-0.39, 0.29) is 5.75 Å². The molecule has 1 aromatic carbocycles. The maximum absolute atomic E-state index is 9.83. The Morgan fingerprint density at radius 2 is 2.11 bits per heavy atom. The van der Waals surface area contributed by atoms with E-state index in [1.165, 1.54) is 6.20 Å². The van der Waals surface area contributed by atoms with Crippen LogP contribution in [0.2, 0.25) is 5.02 Å². The quantitative estimate of drug-likeness (QED) is 0.731. The van der Waals surface area contributed by atoms with Crippen molar-refractivity contribution in [2.75, 3.05) is 0 Å². The Labute approximate surface area is 108 Å². The maximum Gasteiger partial charge on any atom is 0.144 e. The van der Waals surface area contributed by atoms with Crippen LogP contribution in [-0.2, 0) is 7.05 Å². The third-order valence-corrected chi connectivity index (χ3v) is 3.19.